The van der Waals surface area contributed by atoms with Crippen molar-refractivity contribution in [3.05, 3.63) is 28.8 Å². The van der Waals surface area contributed by atoms with Gasteiger partial charge in [0.1, 0.15) is 17.3 Å². The number of aryl methyl sites for hydroxylation is 1. The Morgan fingerprint density at radius 1 is 1.14 bits per heavy atom. The molecule has 0 bridgehead atoms. The molecule has 0 saturated heterocycles. The topological polar surface area (TPSA) is 115 Å². The van der Waals surface area contributed by atoms with Gasteiger partial charge in [-0.3, -0.25) is 14.4 Å². The van der Waals surface area contributed by atoms with Gasteiger partial charge in [0.05, 0.1) is 18.6 Å². The first-order chi connectivity index (χ1) is 16.9. The summed E-state index contributed by atoms with van der Waals surface area (Å²) in [6.07, 6.45) is 3.45. The fourth-order valence-corrected chi connectivity index (χ4v) is 5.51. The molecule has 1 aromatic carbocycles. The van der Waals surface area contributed by atoms with Gasteiger partial charge in [-0.15, -0.1) is 0 Å². The molecule has 7 heteroatoms. The fourth-order valence-electron chi connectivity index (χ4n) is 5.51. The lowest BCUT2D eigenvalue weighted by molar-refractivity contribution is -0.132. The molecule has 7 nitrogen and oxygen atoms in total. The van der Waals surface area contributed by atoms with E-state index in [-0.39, 0.29) is 72.8 Å². The van der Waals surface area contributed by atoms with Crippen LogP contribution in [-0.4, -0.2) is 71.4 Å². The van der Waals surface area contributed by atoms with Crippen molar-refractivity contribution in [2.24, 2.45) is 23.2 Å². The lowest BCUT2D eigenvalue weighted by atomic mass is 9.72. The van der Waals surface area contributed by atoms with Crippen LogP contribution in [0.5, 0.6) is 5.75 Å². The highest BCUT2D eigenvalue weighted by molar-refractivity contribution is 6.02. The van der Waals surface area contributed by atoms with Gasteiger partial charge < -0.3 is 20.2 Å². The minimum atomic E-state index is -0.749. The summed E-state index contributed by atoms with van der Waals surface area (Å²) in [5.41, 5.74) is 2.13. The lowest BCUT2D eigenvalue weighted by Gasteiger charge is -2.32. The Bertz CT molecular complexity index is 917. The minimum absolute atomic E-state index is 0.0116. The van der Waals surface area contributed by atoms with Crippen molar-refractivity contribution in [3.8, 4) is 5.75 Å². The van der Waals surface area contributed by atoms with Crippen LogP contribution in [0.25, 0.3) is 0 Å². The van der Waals surface area contributed by atoms with E-state index in [0.717, 1.165) is 30.5 Å². The molecule has 1 aliphatic carbocycles. The minimum Gasteiger partial charge on any atom is -0.507 e. The van der Waals surface area contributed by atoms with Gasteiger partial charge >= 0.3 is 0 Å². The summed E-state index contributed by atoms with van der Waals surface area (Å²) in [4.78, 5) is 40.6. The van der Waals surface area contributed by atoms with Crippen LogP contribution in [0.3, 0.4) is 0 Å². The van der Waals surface area contributed by atoms with E-state index in [1.54, 1.807) is 6.07 Å². The molecule has 2 rings (SSSR count). The first-order valence-electron chi connectivity index (χ1n) is 13.1. The predicted molar refractivity (Wildman–Crippen MR) is 140 cm³/mol. The number of benzene rings is 1. The first-order valence-corrected chi connectivity index (χ1v) is 13.1. The van der Waals surface area contributed by atoms with Crippen molar-refractivity contribution in [2.45, 2.75) is 72.1 Å². The number of aliphatic hydroxyl groups excluding tert-OH is 2. The van der Waals surface area contributed by atoms with Gasteiger partial charge in [0.25, 0.3) is 0 Å². The van der Waals surface area contributed by atoms with E-state index in [0.29, 0.717) is 24.8 Å². The molecule has 0 saturated carbocycles. The fraction of sp³-hybridized carbons (Fsp3) is 0.690. The van der Waals surface area contributed by atoms with E-state index in [4.69, 9.17) is 0 Å². The summed E-state index contributed by atoms with van der Waals surface area (Å²) < 4.78 is 0. The summed E-state index contributed by atoms with van der Waals surface area (Å²) >= 11 is 0. The molecule has 202 valence electrons. The number of ketones is 3. The number of hydrogen-bond acceptors (Lipinski definition) is 7. The third-order valence-corrected chi connectivity index (χ3v) is 7.10. The molecule has 1 aliphatic rings. The van der Waals surface area contributed by atoms with Gasteiger partial charge in [-0.05, 0) is 87.2 Å². The standard InChI is InChI=1S/C29H45NO6/c1-29(2,3)17-22(33)16-26(35)24(18-32)21(10-12-31)13-19-14-23-20(7-6-11-30(4)5)8-9-25(34)28(23)27(36)15-19/h8-9,19,21,24,31-32,34H,6-7,10-18H2,1-5H3. The molecule has 0 heterocycles. The van der Waals surface area contributed by atoms with Gasteiger partial charge in [0.2, 0.25) is 0 Å². The average molecular weight is 504 g/mol. The smallest absolute Gasteiger partial charge is 0.167 e. The van der Waals surface area contributed by atoms with Crippen LogP contribution in [0.4, 0.5) is 0 Å². The summed E-state index contributed by atoms with van der Waals surface area (Å²) in [6, 6.07) is 3.50. The molecule has 3 atom stereocenters. The second-order valence-electron chi connectivity index (χ2n) is 11.9. The van der Waals surface area contributed by atoms with Crippen molar-refractivity contribution in [3.63, 3.8) is 0 Å². The number of Topliss-reactive ketones (excluding diaryl/α,β-unsaturated/α-hetero) is 3. The maximum absolute atomic E-state index is 13.1. The van der Waals surface area contributed by atoms with E-state index >= 15 is 0 Å². The first kappa shape index (κ1) is 30.1. The number of carbonyl (C=O) groups excluding carboxylic acids is 3. The van der Waals surface area contributed by atoms with Gasteiger partial charge in [0.15, 0.2) is 5.78 Å². The van der Waals surface area contributed by atoms with Crippen molar-refractivity contribution >= 4 is 17.3 Å². The number of carbonyl (C=O) groups is 3. The largest absolute Gasteiger partial charge is 0.507 e. The molecule has 0 aromatic heterocycles. The number of aliphatic hydroxyl groups is 2. The molecular weight excluding hydrogens is 458 g/mol. The number of aromatic hydroxyl groups is 1. The summed E-state index contributed by atoms with van der Waals surface area (Å²) in [5.74, 6) is -1.68. The third kappa shape index (κ3) is 8.79. The molecule has 3 unspecified atom stereocenters. The molecule has 0 radical (unpaired) electrons. The number of hydrogen-bond donors (Lipinski definition) is 3. The normalized spacial score (nSPS) is 17.7. The van der Waals surface area contributed by atoms with Crippen LogP contribution in [0.2, 0.25) is 0 Å². The van der Waals surface area contributed by atoms with Crippen molar-refractivity contribution in [1.82, 2.24) is 4.90 Å². The molecule has 36 heavy (non-hydrogen) atoms. The SMILES string of the molecule is CN(C)CCCc1ccc(O)c2c1CC(CC(CCO)C(CO)C(=O)CC(=O)CC(C)(C)C)CC2=O. The summed E-state index contributed by atoms with van der Waals surface area (Å²) in [7, 11) is 4.03. The van der Waals surface area contributed by atoms with Crippen LogP contribution in [0, 0.1) is 23.2 Å². The van der Waals surface area contributed by atoms with Crippen LogP contribution >= 0.6 is 0 Å². The highest BCUT2D eigenvalue weighted by Gasteiger charge is 2.35. The van der Waals surface area contributed by atoms with E-state index in [1.807, 2.05) is 40.9 Å². The quantitative estimate of drug-likeness (QED) is 0.332. The summed E-state index contributed by atoms with van der Waals surface area (Å²) in [5, 5.41) is 30.2. The zero-order valence-electron chi connectivity index (χ0n) is 22.7. The van der Waals surface area contributed by atoms with Crippen molar-refractivity contribution in [1.29, 1.82) is 0 Å². The number of phenolic OH excluding ortho intramolecular Hbond substituents is 1. The maximum atomic E-state index is 13.1. The van der Waals surface area contributed by atoms with Gasteiger partial charge in [-0.2, -0.15) is 0 Å². The van der Waals surface area contributed by atoms with Crippen molar-refractivity contribution in [2.75, 3.05) is 33.9 Å². The van der Waals surface area contributed by atoms with E-state index in [2.05, 4.69) is 4.90 Å². The van der Waals surface area contributed by atoms with Crippen LogP contribution in [-0.2, 0) is 22.4 Å². The zero-order chi connectivity index (χ0) is 27.0. The second kappa shape index (κ2) is 13.5. The number of nitrogens with zero attached hydrogens (tertiary/aromatic N) is 1. The number of fused-ring (bicyclic) bond motifs is 1. The van der Waals surface area contributed by atoms with Crippen LogP contribution in [0.15, 0.2) is 12.1 Å². The van der Waals surface area contributed by atoms with Gasteiger partial charge in [-0.1, -0.05) is 26.8 Å². The number of rotatable bonds is 14. The van der Waals surface area contributed by atoms with Crippen LogP contribution in [0.1, 0.15) is 80.8 Å². The summed E-state index contributed by atoms with van der Waals surface area (Å²) in [6.45, 7) is 6.21. The molecule has 0 spiro atoms. The maximum Gasteiger partial charge on any atom is 0.167 e. The third-order valence-electron chi connectivity index (χ3n) is 7.10. The van der Waals surface area contributed by atoms with E-state index < -0.39 is 5.92 Å². The number of phenols is 1. The molecule has 1 aromatic rings. The van der Waals surface area contributed by atoms with Crippen LogP contribution < -0.4 is 0 Å². The Balaban J connectivity index is 2.20. The zero-order valence-corrected chi connectivity index (χ0v) is 22.7. The van der Waals surface area contributed by atoms with Gasteiger partial charge in [-0.25, -0.2) is 0 Å². The lowest BCUT2D eigenvalue weighted by Crippen LogP contribution is -2.33. The molecular formula is C29H45NO6. The van der Waals surface area contributed by atoms with Gasteiger partial charge in [0, 0.05) is 25.4 Å². The Morgan fingerprint density at radius 2 is 1.83 bits per heavy atom. The highest BCUT2D eigenvalue weighted by Crippen LogP contribution is 2.38. The molecule has 0 amide bonds. The van der Waals surface area contributed by atoms with Crippen molar-refractivity contribution < 1.29 is 29.7 Å². The van der Waals surface area contributed by atoms with E-state index in [9.17, 15) is 29.7 Å². The molecule has 0 fully saturated rings. The average Bonchev–Trinajstić information content (AvgIpc) is 2.74. The monoisotopic (exact) mass is 503 g/mol. The second-order valence-corrected chi connectivity index (χ2v) is 11.9. The predicted octanol–water partition coefficient (Wildman–Crippen LogP) is 3.59. The molecule has 0 aliphatic heterocycles. The highest BCUT2D eigenvalue weighted by atomic mass is 16.3. The Morgan fingerprint density at radius 3 is 2.42 bits per heavy atom. The Labute approximate surface area is 215 Å². The Hall–Kier alpha value is -2.09. The van der Waals surface area contributed by atoms with E-state index in [1.165, 1.54) is 0 Å². The Kier molecular flexibility index (Phi) is 11.3. The molecule has 3 N–H and O–H groups in total.